The molecule has 0 saturated carbocycles. The fourth-order valence-electron chi connectivity index (χ4n) is 1.10. The Hall–Kier alpha value is -1.22. The molecule has 0 atom stereocenters. The molecule has 0 aliphatic carbocycles. The summed E-state index contributed by atoms with van der Waals surface area (Å²) in [7, 11) is 1.59. The number of benzene rings is 1. The van der Waals surface area contributed by atoms with Gasteiger partial charge in [0.15, 0.2) is 0 Å². The highest BCUT2D eigenvalue weighted by atomic mass is 16.5. The molecule has 0 unspecified atom stereocenters. The molecule has 0 aliphatic rings. The first kappa shape index (κ1) is 9.86. The average molecular weight is 182 g/mol. The van der Waals surface area contributed by atoms with Gasteiger partial charge in [-0.1, -0.05) is 0 Å². The summed E-state index contributed by atoms with van der Waals surface area (Å²) in [5, 5.41) is 9.03. The highest BCUT2D eigenvalue weighted by Crippen LogP contribution is 2.23. The van der Waals surface area contributed by atoms with Crippen LogP contribution in [0.1, 0.15) is 12.5 Å². The maximum Gasteiger partial charge on any atom is 0.125 e. The third-order valence-electron chi connectivity index (χ3n) is 1.74. The van der Waals surface area contributed by atoms with Crippen LogP contribution in [0.3, 0.4) is 0 Å². The number of aliphatic hydroxyl groups is 1. The zero-order valence-electron chi connectivity index (χ0n) is 7.91. The maximum atomic E-state index is 9.03. The zero-order valence-corrected chi connectivity index (χ0v) is 7.91. The third-order valence-corrected chi connectivity index (χ3v) is 1.74. The smallest absolute Gasteiger partial charge is 0.125 e. The van der Waals surface area contributed by atoms with Crippen LogP contribution in [0.25, 0.3) is 0 Å². The minimum absolute atomic E-state index is 0.0352. The van der Waals surface area contributed by atoms with Crippen LogP contribution in [-0.4, -0.2) is 18.8 Å². The monoisotopic (exact) mass is 182 g/mol. The summed E-state index contributed by atoms with van der Waals surface area (Å²) in [5.74, 6) is 1.44. The number of hydrogen-bond donors (Lipinski definition) is 1. The molecule has 0 fully saturated rings. The lowest BCUT2D eigenvalue weighted by Gasteiger charge is -2.09. The normalized spacial score (nSPS) is 9.77. The van der Waals surface area contributed by atoms with E-state index in [4.69, 9.17) is 14.6 Å². The molecule has 1 rings (SSSR count). The molecule has 3 nitrogen and oxygen atoms in total. The van der Waals surface area contributed by atoms with E-state index >= 15 is 0 Å². The van der Waals surface area contributed by atoms with Gasteiger partial charge in [0.2, 0.25) is 0 Å². The SMILES string of the molecule is CCOc1ccc(OC)cc1CO. The molecule has 0 spiro atoms. The third kappa shape index (κ3) is 2.36. The zero-order chi connectivity index (χ0) is 9.68. The van der Waals surface area contributed by atoms with Crippen LogP contribution in [0.2, 0.25) is 0 Å². The van der Waals surface area contributed by atoms with Gasteiger partial charge in [-0.15, -0.1) is 0 Å². The first-order valence-electron chi connectivity index (χ1n) is 4.22. The van der Waals surface area contributed by atoms with Gasteiger partial charge in [0.05, 0.1) is 20.3 Å². The van der Waals surface area contributed by atoms with E-state index in [2.05, 4.69) is 0 Å². The first-order chi connectivity index (χ1) is 6.31. The molecular formula is C10H14O3. The van der Waals surface area contributed by atoms with E-state index in [-0.39, 0.29) is 6.61 Å². The van der Waals surface area contributed by atoms with Crippen molar-refractivity contribution in [3.8, 4) is 11.5 Å². The molecule has 13 heavy (non-hydrogen) atoms. The molecule has 72 valence electrons. The molecule has 0 radical (unpaired) electrons. The summed E-state index contributed by atoms with van der Waals surface area (Å²) in [4.78, 5) is 0. The van der Waals surface area contributed by atoms with E-state index in [0.29, 0.717) is 12.4 Å². The summed E-state index contributed by atoms with van der Waals surface area (Å²) >= 11 is 0. The van der Waals surface area contributed by atoms with Crippen LogP contribution in [0.4, 0.5) is 0 Å². The van der Waals surface area contributed by atoms with E-state index in [1.807, 2.05) is 13.0 Å². The van der Waals surface area contributed by atoms with E-state index in [1.165, 1.54) is 0 Å². The van der Waals surface area contributed by atoms with Crippen LogP contribution < -0.4 is 9.47 Å². The summed E-state index contributed by atoms with van der Waals surface area (Å²) in [5.41, 5.74) is 0.751. The molecule has 3 heteroatoms. The molecule has 0 aliphatic heterocycles. The Morgan fingerprint density at radius 3 is 2.69 bits per heavy atom. The van der Waals surface area contributed by atoms with Crippen molar-refractivity contribution in [3.63, 3.8) is 0 Å². The average Bonchev–Trinajstić information content (AvgIpc) is 2.19. The molecule has 1 aromatic rings. The topological polar surface area (TPSA) is 38.7 Å². The summed E-state index contributed by atoms with van der Waals surface area (Å²) in [6, 6.07) is 5.38. The van der Waals surface area contributed by atoms with Crippen LogP contribution >= 0.6 is 0 Å². The minimum Gasteiger partial charge on any atom is -0.497 e. The maximum absolute atomic E-state index is 9.03. The second-order valence-corrected chi connectivity index (χ2v) is 2.56. The summed E-state index contributed by atoms with van der Waals surface area (Å²) in [6.45, 7) is 2.47. The fraction of sp³-hybridized carbons (Fsp3) is 0.400. The number of ether oxygens (including phenoxy) is 2. The molecule has 0 amide bonds. The van der Waals surface area contributed by atoms with Gasteiger partial charge in [-0.3, -0.25) is 0 Å². The van der Waals surface area contributed by atoms with Crippen LogP contribution in [-0.2, 0) is 6.61 Å². The molecule has 0 saturated heterocycles. The van der Waals surface area contributed by atoms with Gasteiger partial charge in [0.25, 0.3) is 0 Å². The Labute approximate surface area is 77.9 Å². The predicted molar refractivity (Wildman–Crippen MR) is 50.1 cm³/mol. The van der Waals surface area contributed by atoms with Crippen molar-refractivity contribution in [1.82, 2.24) is 0 Å². The highest BCUT2D eigenvalue weighted by Gasteiger charge is 2.03. The van der Waals surface area contributed by atoms with Gasteiger partial charge in [-0.2, -0.15) is 0 Å². The van der Waals surface area contributed by atoms with Crippen LogP contribution in [0, 0.1) is 0 Å². The number of aliphatic hydroxyl groups excluding tert-OH is 1. The van der Waals surface area contributed by atoms with Gasteiger partial charge >= 0.3 is 0 Å². The Bertz CT molecular complexity index is 271. The van der Waals surface area contributed by atoms with Crippen molar-refractivity contribution in [2.45, 2.75) is 13.5 Å². The van der Waals surface area contributed by atoms with Crippen molar-refractivity contribution >= 4 is 0 Å². The Morgan fingerprint density at radius 1 is 1.38 bits per heavy atom. The lowest BCUT2D eigenvalue weighted by Crippen LogP contribution is -1.97. The second kappa shape index (κ2) is 4.72. The van der Waals surface area contributed by atoms with Crippen molar-refractivity contribution < 1.29 is 14.6 Å². The lowest BCUT2D eigenvalue weighted by molar-refractivity contribution is 0.266. The molecule has 0 aromatic heterocycles. The lowest BCUT2D eigenvalue weighted by atomic mass is 10.2. The Kier molecular flexibility index (Phi) is 3.58. The quantitative estimate of drug-likeness (QED) is 0.768. The van der Waals surface area contributed by atoms with Gasteiger partial charge in [0.1, 0.15) is 11.5 Å². The van der Waals surface area contributed by atoms with Crippen LogP contribution in [0.5, 0.6) is 11.5 Å². The van der Waals surface area contributed by atoms with E-state index < -0.39 is 0 Å². The van der Waals surface area contributed by atoms with Crippen molar-refractivity contribution in [1.29, 1.82) is 0 Å². The van der Waals surface area contributed by atoms with Gasteiger partial charge in [0, 0.05) is 5.56 Å². The van der Waals surface area contributed by atoms with E-state index in [0.717, 1.165) is 11.3 Å². The Morgan fingerprint density at radius 2 is 2.15 bits per heavy atom. The molecular weight excluding hydrogens is 168 g/mol. The fourth-order valence-corrected chi connectivity index (χ4v) is 1.10. The standard InChI is InChI=1S/C10H14O3/c1-3-13-10-5-4-9(12-2)6-8(10)7-11/h4-6,11H,3,7H2,1-2H3. The second-order valence-electron chi connectivity index (χ2n) is 2.56. The minimum atomic E-state index is -0.0352. The molecule has 0 bridgehead atoms. The Balaban J connectivity index is 2.93. The molecule has 0 heterocycles. The first-order valence-corrected chi connectivity index (χ1v) is 4.22. The summed E-state index contributed by atoms with van der Waals surface area (Å²) in [6.07, 6.45) is 0. The summed E-state index contributed by atoms with van der Waals surface area (Å²) < 4.78 is 10.3. The highest BCUT2D eigenvalue weighted by molar-refractivity contribution is 5.39. The van der Waals surface area contributed by atoms with Crippen LogP contribution in [0.15, 0.2) is 18.2 Å². The number of methoxy groups -OCH3 is 1. The number of hydrogen-bond acceptors (Lipinski definition) is 3. The van der Waals surface area contributed by atoms with E-state index in [1.54, 1.807) is 19.2 Å². The number of rotatable bonds is 4. The van der Waals surface area contributed by atoms with Gasteiger partial charge in [-0.05, 0) is 25.1 Å². The van der Waals surface area contributed by atoms with Crippen molar-refractivity contribution in [3.05, 3.63) is 23.8 Å². The van der Waals surface area contributed by atoms with Crippen molar-refractivity contribution in [2.24, 2.45) is 0 Å². The molecule has 1 N–H and O–H groups in total. The molecule has 1 aromatic carbocycles. The van der Waals surface area contributed by atoms with Gasteiger partial charge < -0.3 is 14.6 Å². The van der Waals surface area contributed by atoms with E-state index in [9.17, 15) is 0 Å². The van der Waals surface area contributed by atoms with Crippen molar-refractivity contribution in [2.75, 3.05) is 13.7 Å². The predicted octanol–water partition coefficient (Wildman–Crippen LogP) is 1.59. The largest absolute Gasteiger partial charge is 0.497 e. The van der Waals surface area contributed by atoms with Gasteiger partial charge in [-0.25, -0.2) is 0 Å².